The molecule has 0 radical (unpaired) electrons. The lowest BCUT2D eigenvalue weighted by molar-refractivity contribution is 0.0574. The maximum Gasteiger partial charge on any atom is 0.0468 e. The van der Waals surface area contributed by atoms with E-state index in [2.05, 4.69) is 22.4 Å². The molecule has 1 unspecified atom stereocenters. The molecule has 3 nitrogen and oxygen atoms in total. The maximum atomic E-state index is 5.42. The molecule has 0 saturated carbocycles. The third-order valence-electron chi connectivity index (χ3n) is 3.33. The number of ether oxygens (including phenoxy) is 1. The first-order valence-electron chi connectivity index (χ1n) is 6.05. The molecule has 1 aromatic heterocycles. The Kier molecular flexibility index (Phi) is 4.31. The summed E-state index contributed by atoms with van der Waals surface area (Å²) in [5.41, 5.74) is 1.21. The highest BCUT2D eigenvalue weighted by Gasteiger charge is 2.25. The SMILES string of the molecule is CNCC(c1ccccn1)C1CCOCC1. The number of nitrogens with one attached hydrogen (secondary N) is 1. The second kappa shape index (κ2) is 5.97. The number of nitrogens with zero attached hydrogens (tertiary/aromatic N) is 1. The normalized spacial score (nSPS) is 19.6. The van der Waals surface area contributed by atoms with Crippen molar-refractivity contribution in [2.45, 2.75) is 18.8 Å². The molecule has 0 amide bonds. The number of likely N-dealkylation sites (N-methyl/N-ethyl adjacent to an activating group) is 1. The first-order chi connectivity index (χ1) is 7.92. The summed E-state index contributed by atoms with van der Waals surface area (Å²) in [4.78, 5) is 4.49. The van der Waals surface area contributed by atoms with Gasteiger partial charge >= 0.3 is 0 Å². The zero-order valence-electron chi connectivity index (χ0n) is 9.86. The lowest BCUT2D eigenvalue weighted by atomic mass is 9.83. The molecule has 0 aliphatic carbocycles. The van der Waals surface area contributed by atoms with Crippen LogP contribution in [0.2, 0.25) is 0 Å². The first-order valence-corrected chi connectivity index (χ1v) is 6.05. The molecule has 1 aromatic rings. The second-order valence-corrected chi connectivity index (χ2v) is 4.37. The molecule has 1 saturated heterocycles. The van der Waals surface area contributed by atoms with E-state index in [-0.39, 0.29) is 0 Å². The van der Waals surface area contributed by atoms with Crippen molar-refractivity contribution in [1.29, 1.82) is 0 Å². The van der Waals surface area contributed by atoms with Gasteiger partial charge in [-0.05, 0) is 37.9 Å². The lowest BCUT2D eigenvalue weighted by Gasteiger charge is -2.29. The number of hydrogen-bond acceptors (Lipinski definition) is 3. The largest absolute Gasteiger partial charge is 0.381 e. The molecule has 2 rings (SSSR count). The smallest absolute Gasteiger partial charge is 0.0468 e. The van der Waals surface area contributed by atoms with E-state index in [1.54, 1.807) is 0 Å². The summed E-state index contributed by atoms with van der Waals surface area (Å²) in [6.45, 7) is 2.80. The molecular formula is C13H20N2O. The Morgan fingerprint density at radius 3 is 2.88 bits per heavy atom. The van der Waals surface area contributed by atoms with E-state index >= 15 is 0 Å². The number of hydrogen-bond donors (Lipinski definition) is 1. The van der Waals surface area contributed by atoms with Crippen molar-refractivity contribution in [2.24, 2.45) is 5.92 Å². The molecule has 1 N–H and O–H groups in total. The zero-order chi connectivity index (χ0) is 11.2. The van der Waals surface area contributed by atoms with Crippen LogP contribution in [0.4, 0.5) is 0 Å². The predicted octanol–water partition coefficient (Wildman–Crippen LogP) is 1.81. The Bertz CT molecular complexity index is 296. The van der Waals surface area contributed by atoms with E-state index < -0.39 is 0 Å². The third kappa shape index (κ3) is 2.80. The number of pyridine rings is 1. The Balaban J connectivity index is 2.09. The molecule has 1 atom stereocenters. The monoisotopic (exact) mass is 220 g/mol. The summed E-state index contributed by atoms with van der Waals surface area (Å²) >= 11 is 0. The number of aromatic nitrogens is 1. The summed E-state index contributed by atoms with van der Waals surface area (Å²) in [5.74, 6) is 1.23. The zero-order valence-corrected chi connectivity index (χ0v) is 9.86. The van der Waals surface area contributed by atoms with Crippen LogP contribution in [-0.4, -0.2) is 31.8 Å². The summed E-state index contributed by atoms with van der Waals surface area (Å²) in [6, 6.07) is 6.19. The van der Waals surface area contributed by atoms with Gasteiger partial charge in [0.25, 0.3) is 0 Å². The first kappa shape index (κ1) is 11.6. The van der Waals surface area contributed by atoms with Crippen LogP contribution in [-0.2, 0) is 4.74 Å². The van der Waals surface area contributed by atoms with Crippen LogP contribution in [0.25, 0.3) is 0 Å². The summed E-state index contributed by atoms with van der Waals surface area (Å²) < 4.78 is 5.42. The molecule has 16 heavy (non-hydrogen) atoms. The van der Waals surface area contributed by atoms with E-state index in [4.69, 9.17) is 4.74 Å². The van der Waals surface area contributed by atoms with Gasteiger partial charge < -0.3 is 10.1 Å². The lowest BCUT2D eigenvalue weighted by Crippen LogP contribution is -2.29. The van der Waals surface area contributed by atoms with Gasteiger partial charge in [-0.25, -0.2) is 0 Å². The average molecular weight is 220 g/mol. The van der Waals surface area contributed by atoms with Gasteiger partial charge in [0.15, 0.2) is 0 Å². The fourth-order valence-electron chi connectivity index (χ4n) is 2.45. The summed E-state index contributed by atoms with van der Waals surface area (Å²) in [6.07, 6.45) is 4.20. The van der Waals surface area contributed by atoms with E-state index in [1.165, 1.54) is 5.69 Å². The summed E-state index contributed by atoms with van der Waals surface area (Å²) in [7, 11) is 2.01. The molecule has 0 spiro atoms. The average Bonchev–Trinajstić information content (AvgIpc) is 2.38. The van der Waals surface area contributed by atoms with Crippen LogP contribution in [0.1, 0.15) is 24.5 Å². The summed E-state index contributed by atoms with van der Waals surface area (Å²) in [5, 5.41) is 3.28. The van der Waals surface area contributed by atoms with Crippen molar-refractivity contribution in [3.8, 4) is 0 Å². The van der Waals surface area contributed by atoms with Crippen LogP contribution >= 0.6 is 0 Å². The van der Waals surface area contributed by atoms with Gasteiger partial charge in [0.05, 0.1) is 0 Å². The van der Waals surface area contributed by atoms with Crippen molar-refractivity contribution in [3.63, 3.8) is 0 Å². The van der Waals surface area contributed by atoms with Crippen LogP contribution in [0.3, 0.4) is 0 Å². The topological polar surface area (TPSA) is 34.2 Å². The number of rotatable bonds is 4. The van der Waals surface area contributed by atoms with Crippen LogP contribution in [0, 0.1) is 5.92 Å². The minimum Gasteiger partial charge on any atom is -0.381 e. The molecule has 1 aliphatic rings. The van der Waals surface area contributed by atoms with E-state index in [1.807, 2.05) is 19.3 Å². The molecule has 3 heteroatoms. The van der Waals surface area contributed by atoms with Gasteiger partial charge in [-0.1, -0.05) is 6.07 Å². The highest BCUT2D eigenvalue weighted by atomic mass is 16.5. The van der Waals surface area contributed by atoms with Crippen molar-refractivity contribution in [2.75, 3.05) is 26.8 Å². The molecule has 0 bridgehead atoms. The van der Waals surface area contributed by atoms with Gasteiger partial charge in [0.2, 0.25) is 0 Å². The van der Waals surface area contributed by atoms with Gasteiger partial charge in [-0.2, -0.15) is 0 Å². The quantitative estimate of drug-likeness (QED) is 0.840. The van der Waals surface area contributed by atoms with Gasteiger partial charge in [-0.3, -0.25) is 4.98 Å². The molecular weight excluding hydrogens is 200 g/mol. The fourth-order valence-corrected chi connectivity index (χ4v) is 2.45. The van der Waals surface area contributed by atoms with Crippen LogP contribution in [0.5, 0.6) is 0 Å². The molecule has 2 heterocycles. The van der Waals surface area contributed by atoms with Gasteiger partial charge in [-0.15, -0.1) is 0 Å². The minimum absolute atomic E-state index is 0.523. The molecule has 0 aromatic carbocycles. The van der Waals surface area contributed by atoms with Crippen molar-refractivity contribution < 1.29 is 4.74 Å². The Morgan fingerprint density at radius 1 is 1.44 bits per heavy atom. The highest BCUT2D eigenvalue weighted by Crippen LogP contribution is 2.30. The van der Waals surface area contributed by atoms with E-state index in [0.717, 1.165) is 32.6 Å². The third-order valence-corrected chi connectivity index (χ3v) is 3.33. The molecule has 88 valence electrons. The molecule has 1 fully saturated rings. The Hall–Kier alpha value is -0.930. The van der Waals surface area contributed by atoms with Crippen LogP contribution < -0.4 is 5.32 Å². The van der Waals surface area contributed by atoms with Gasteiger partial charge in [0.1, 0.15) is 0 Å². The predicted molar refractivity (Wildman–Crippen MR) is 64.4 cm³/mol. The molecule has 1 aliphatic heterocycles. The standard InChI is InChI=1S/C13H20N2O/c1-14-10-12(11-5-8-16-9-6-11)13-4-2-3-7-15-13/h2-4,7,11-12,14H,5-6,8-10H2,1H3. The second-order valence-electron chi connectivity index (χ2n) is 4.37. The maximum absolute atomic E-state index is 5.42. The minimum atomic E-state index is 0.523. The van der Waals surface area contributed by atoms with Crippen molar-refractivity contribution in [1.82, 2.24) is 10.3 Å². The highest BCUT2D eigenvalue weighted by molar-refractivity contribution is 5.11. The van der Waals surface area contributed by atoms with E-state index in [9.17, 15) is 0 Å². The van der Waals surface area contributed by atoms with Crippen molar-refractivity contribution >= 4 is 0 Å². The Morgan fingerprint density at radius 2 is 2.25 bits per heavy atom. The fraction of sp³-hybridized carbons (Fsp3) is 0.615. The van der Waals surface area contributed by atoms with Gasteiger partial charge in [0, 0.05) is 37.6 Å². The van der Waals surface area contributed by atoms with E-state index in [0.29, 0.717) is 11.8 Å². The van der Waals surface area contributed by atoms with Crippen LogP contribution in [0.15, 0.2) is 24.4 Å². The van der Waals surface area contributed by atoms with Crippen molar-refractivity contribution in [3.05, 3.63) is 30.1 Å². The Labute approximate surface area is 97.2 Å².